The average Bonchev–Trinajstić information content (AvgIpc) is 2.83. The molecule has 2 aliphatic rings. The first-order valence-electron chi connectivity index (χ1n) is 12.7. The lowest BCUT2D eigenvalue weighted by atomic mass is 9.42. The lowest BCUT2D eigenvalue weighted by Gasteiger charge is -2.63. The summed E-state index contributed by atoms with van der Waals surface area (Å²) in [6.45, 7) is 10.7. The zero-order valence-corrected chi connectivity index (χ0v) is 22.8. The first kappa shape index (κ1) is 30.0. The van der Waals surface area contributed by atoms with E-state index in [9.17, 15) is 39.3 Å². The minimum atomic E-state index is -2.51. The number of carbonyl (C=O) groups is 5. The van der Waals surface area contributed by atoms with Gasteiger partial charge < -0.3 is 24.8 Å². The fourth-order valence-corrected chi connectivity index (χ4v) is 6.89. The van der Waals surface area contributed by atoms with E-state index in [0.717, 1.165) is 6.92 Å². The molecule has 1 aromatic carbocycles. The number of Topliss-reactive ketones (excluding diaryl/α,β-unsaturated/α-hetero) is 1. The first-order chi connectivity index (χ1) is 17.9. The maximum atomic E-state index is 14.1. The molecule has 7 atom stereocenters. The van der Waals surface area contributed by atoms with Crippen molar-refractivity contribution in [2.24, 2.45) is 28.1 Å². The Morgan fingerprint density at radius 1 is 1.10 bits per heavy atom. The van der Waals surface area contributed by atoms with Crippen LogP contribution < -0.4 is 0 Å². The van der Waals surface area contributed by atoms with Gasteiger partial charge in [0.05, 0.1) is 22.8 Å². The van der Waals surface area contributed by atoms with Gasteiger partial charge in [0, 0.05) is 19.3 Å². The number of carbonyl (C=O) groups excluding carboxylic acids is 3. The normalized spacial score (nSPS) is 34.4. The van der Waals surface area contributed by atoms with Crippen molar-refractivity contribution in [3.63, 3.8) is 0 Å². The number of rotatable bonds is 8. The van der Waals surface area contributed by atoms with Gasteiger partial charge in [-0.3, -0.25) is 19.2 Å². The van der Waals surface area contributed by atoms with Gasteiger partial charge in [0.15, 0.2) is 11.4 Å². The number of aliphatic carboxylic acids is 2. The topological polar surface area (TPSA) is 164 Å². The highest BCUT2D eigenvalue weighted by Crippen LogP contribution is 2.63. The highest BCUT2D eigenvalue weighted by atomic mass is 16.6. The molecule has 212 valence electrons. The third-order valence-electron chi connectivity index (χ3n) is 8.78. The number of ketones is 1. The van der Waals surface area contributed by atoms with Gasteiger partial charge in [-0.2, -0.15) is 0 Å². The number of carboxylic acid groups (broad SMARTS) is 2. The van der Waals surface area contributed by atoms with E-state index in [-0.39, 0.29) is 18.4 Å². The van der Waals surface area contributed by atoms with Gasteiger partial charge in [0.1, 0.15) is 12.2 Å². The van der Waals surface area contributed by atoms with Crippen LogP contribution >= 0.6 is 0 Å². The van der Waals surface area contributed by atoms with Crippen molar-refractivity contribution in [3.05, 3.63) is 48.6 Å². The first-order valence-corrected chi connectivity index (χ1v) is 12.7. The van der Waals surface area contributed by atoms with Crippen molar-refractivity contribution >= 4 is 29.7 Å². The van der Waals surface area contributed by atoms with Gasteiger partial charge in [-0.25, -0.2) is 4.79 Å². The minimum absolute atomic E-state index is 0.150. The lowest BCUT2D eigenvalue weighted by molar-refractivity contribution is -0.257. The molecule has 7 unspecified atom stereocenters. The second-order valence-corrected chi connectivity index (χ2v) is 11.8. The Bertz CT molecular complexity index is 1190. The molecule has 2 saturated carbocycles. The number of allylic oxidation sites excluding steroid dienone is 1. The van der Waals surface area contributed by atoms with E-state index in [1.165, 1.54) is 45.9 Å². The largest absolute Gasteiger partial charge is 0.481 e. The summed E-state index contributed by atoms with van der Waals surface area (Å²) in [5.41, 5.74) is -6.94. The molecule has 0 bridgehead atoms. The monoisotopic (exact) mass is 544 g/mol. The number of fused-ring (bicyclic) bond motifs is 1. The van der Waals surface area contributed by atoms with Crippen LogP contribution in [0.2, 0.25) is 0 Å². The van der Waals surface area contributed by atoms with Crippen LogP contribution in [0.25, 0.3) is 0 Å². The highest BCUT2D eigenvalue weighted by molar-refractivity contribution is 5.97. The molecule has 2 aliphatic carbocycles. The van der Waals surface area contributed by atoms with E-state index < -0.39 is 82.0 Å². The fourth-order valence-electron chi connectivity index (χ4n) is 6.89. The molecule has 39 heavy (non-hydrogen) atoms. The van der Waals surface area contributed by atoms with Gasteiger partial charge in [-0.15, -0.1) is 6.58 Å². The molecule has 1 aromatic rings. The quantitative estimate of drug-likeness (QED) is 0.327. The van der Waals surface area contributed by atoms with Crippen LogP contribution in [0.15, 0.2) is 43.0 Å². The van der Waals surface area contributed by atoms with Crippen LogP contribution in [-0.4, -0.2) is 62.8 Å². The number of aliphatic hydroxyl groups is 1. The van der Waals surface area contributed by atoms with Crippen molar-refractivity contribution in [1.29, 1.82) is 0 Å². The fraction of sp³-hybridized carbons (Fsp3) is 0.552. The van der Waals surface area contributed by atoms with Gasteiger partial charge >= 0.3 is 23.9 Å². The summed E-state index contributed by atoms with van der Waals surface area (Å²) in [7, 11) is 0. The molecular weight excluding hydrogens is 508 g/mol. The van der Waals surface area contributed by atoms with Crippen LogP contribution in [-0.2, 0) is 28.7 Å². The van der Waals surface area contributed by atoms with Crippen LogP contribution in [0.3, 0.4) is 0 Å². The predicted octanol–water partition coefficient (Wildman–Crippen LogP) is 3.27. The van der Waals surface area contributed by atoms with E-state index >= 15 is 0 Å². The lowest BCUT2D eigenvalue weighted by Crippen LogP contribution is -2.75. The number of carboxylic acids is 2. The van der Waals surface area contributed by atoms with Crippen molar-refractivity contribution in [1.82, 2.24) is 0 Å². The summed E-state index contributed by atoms with van der Waals surface area (Å²) in [6, 6.07) is 8.00. The molecular formula is C29H36O10. The van der Waals surface area contributed by atoms with Crippen LogP contribution in [0.4, 0.5) is 0 Å². The van der Waals surface area contributed by atoms with Crippen molar-refractivity contribution < 1.29 is 48.8 Å². The third-order valence-corrected chi connectivity index (χ3v) is 8.78. The second-order valence-electron chi connectivity index (χ2n) is 11.8. The van der Waals surface area contributed by atoms with Gasteiger partial charge in [0.25, 0.3) is 0 Å². The Balaban J connectivity index is 2.33. The summed E-state index contributed by atoms with van der Waals surface area (Å²) in [5.74, 6) is -7.36. The van der Waals surface area contributed by atoms with Crippen LogP contribution in [0.1, 0.15) is 64.2 Å². The number of esters is 2. The number of ether oxygens (including phenoxy) is 2. The van der Waals surface area contributed by atoms with Crippen LogP contribution in [0, 0.1) is 28.1 Å². The zero-order valence-electron chi connectivity index (χ0n) is 22.8. The van der Waals surface area contributed by atoms with Gasteiger partial charge in [-0.05, 0) is 50.7 Å². The molecule has 0 saturated heterocycles. The van der Waals surface area contributed by atoms with E-state index in [2.05, 4.69) is 6.58 Å². The SMILES string of the molecule is C=CC1(C)CC(OC(=O)c2ccccc2)C2C(C)(CC(=O)O)C(C(C)(C)C(=O)O)CC(OC(C)=O)C2(O)C1=O. The standard InChI is InChI=1S/C29H36O10/c1-7-27(5)14-18(39-23(33)17-11-9-8-10-12-17)22-28(6,15-21(31)32)19(26(3,4)25(35)36)13-20(38-16(2)30)29(22,37)24(27)34/h7-12,18-20,22,37H,1,13-15H2,2-6H3,(H,31,32)(H,35,36). The summed E-state index contributed by atoms with van der Waals surface area (Å²) in [5, 5.41) is 32.5. The molecule has 3 rings (SSSR count). The molecule has 0 amide bonds. The molecule has 0 heterocycles. The molecule has 10 nitrogen and oxygen atoms in total. The summed E-state index contributed by atoms with van der Waals surface area (Å²) in [4.78, 5) is 64.2. The molecule has 3 N–H and O–H groups in total. The Morgan fingerprint density at radius 3 is 2.18 bits per heavy atom. The second kappa shape index (κ2) is 10.2. The Kier molecular flexibility index (Phi) is 7.87. The van der Waals surface area contributed by atoms with Crippen molar-refractivity contribution in [3.8, 4) is 0 Å². The van der Waals surface area contributed by atoms with E-state index in [4.69, 9.17) is 9.47 Å². The predicted molar refractivity (Wildman–Crippen MR) is 137 cm³/mol. The molecule has 2 fully saturated rings. The van der Waals surface area contributed by atoms with Crippen molar-refractivity contribution in [2.75, 3.05) is 0 Å². The van der Waals surface area contributed by atoms with E-state index in [1.54, 1.807) is 18.2 Å². The van der Waals surface area contributed by atoms with E-state index in [1.807, 2.05) is 0 Å². The number of hydrogen-bond donors (Lipinski definition) is 3. The smallest absolute Gasteiger partial charge is 0.338 e. The molecule has 10 heteroatoms. The van der Waals surface area contributed by atoms with E-state index in [0.29, 0.717) is 0 Å². The summed E-state index contributed by atoms with van der Waals surface area (Å²) >= 11 is 0. The highest BCUT2D eigenvalue weighted by Gasteiger charge is 2.73. The molecule has 0 aliphatic heterocycles. The average molecular weight is 545 g/mol. The molecule has 0 radical (unpaired) electrons. The summed E-state index contributed by atoms with van der Waals surface area (Å²) in [6.07, 6.45) is -2.59. The number of benzene rings is 1. The molecule has 0 aromatic heterocycles. The number of hydrogen-bond acceptors (Lipinski definition) is 8. The van der Waals surface area contributed by atoms with Crippen LogP contribution in [0.5, 0.6) is 0 Å². The Labute approximate surface area is 227 Å². The van der Waals surface area contributed by atoms with Gasteiger partial charge in [-0.1, -0.05) is 31.2 Å². The third kappa shape index (κ3) is 4.97. The Hall–Kier alpha value is -3.53. The maximum absolute atomic E-state index is 14.1. The van der Waals surface area contributed by atoms with Gasteiger partial charge in [0.2, 0.25) is 0 Å². The molecule has 0 spiro atoms. The minimum Gasteiger partial charge on any atom is -0.481 e. The summed E-state index contributed by atoms with van der Waals surface area (Å²) < 4.78 is 11.4. The maximum Gasteiger partial charge on any atom is 0.338 e. The Morgan fingerprint density at radius 2 is 1.69 bits per heavy atom. The van der Waals surface area contributed by atoms with Crippen molar-refractivity contribution in [2.45, 2.75) is 71.7 Å². The zero-order chi connectivity index (χ0) is 29.6.